The Morgan fingerprint density at radius 3 is 1.41 bits per heavy atom. The molecule has 1 aromatic carbocycles. The van der Waals surface area contributed by atoms with Crippen LogP contribution in [0.2, 0.25) is 0 Å². The summed E-state index contributed by atoms with van der Waals surface area (Å²) in [4.78, 5) is 22.6. The normalized spacial score (nSPS) is 12.1. The zero-order valence-electron chi connectivity index (χ0n) is 8.18. The molecule has 0 spiro atoms. The number of benzene rings is 1. The Morgan fingerprint density at radius 2 is 1.12 bits per heavy atom. The van der Waals surface area contributed by atoms with Crippen molar-refractivity contribution in [3.8, 4) is 11.5 Å². The van der Waals surface area contributed by atoms with E-state index in [0.29, 0.717) is 0 Å². The number of halogens is 3. The smallest absolute Gasteiger partial charge is 0.190 e. The second-order valence-corrected chi connectivity index (χ2v) is 2.92. The molecule has 0 aliphatic heterocycles. The average molecular weight is 248 g/mol. The standard InChI is InChI=1S/C10H6O4.F2.FH/c11-5-1-2-6(12)10-8(14)4-3-7(13)9(5)10;1-2;/h1-4,11-12H;;1H. The number of fused-ring (bicyclic) bond motifs is 1. The fraction of sp³-hybridized carbons (Fsp3) is 0. The van der Waals surface area contributed by atoms with Crippen molar-refractivity contribution in [2.45, 2.75) is 0 Å². The maximum atomic E-state index is 11.3. The lowest BCUT2D eigenvalue weighted by Gasteiger charge is -2.11. The van der Waals surface area contributed by atoms with E-state index in [1.807, 2.05) is 0 Å². The van der Waals surface area contributed by atoms with Crippen LogP contribution in [-0.4, -0.2) is 21.8 Å². The van der Waals surface area contributed by atoms with Gasteiger partial charge in [0.2, 0.25) is 0 Å². The predicted molar refractivity (Wildman–Crippen MR) is 52.3 cm³/mol. The minimum atomic E-state index is -0.479. The molecule has 0 fully saturated rings. The first-order valence-corrected chi connectivity index (χ1v) is 4.07. The molecule has 4 nitrogen and oxygen atoms in total. The van der Waals surface area contributed by atoms with E-state index in [2.05, 4.69) is 0 Å². The molecule has 0 saturated carbocycles. The number of aromatic hydroxyl groups is 2. The fourth-order valence-electron chi connectivity index (χ4n) is 1.40. The maximum absolute atomic E-state index is 11.3. The summed E-state index contributed by atoms with van der Waals surface area (Å²) in [5.41, 5.74) is -0.255. The molecule has 0 bridgehead atoms. The van der Waals surface area contributed by atoms with Gasteiger partial charge in [-0.25, -0.2) is 0 Å². The van der Waals surface area contributed by atoms with Crippen molar-refractivity contribution in [3.63, 3.8) is 0 Å². The lowest BCUT2D eigenvalue weighted by Crippen LogP contribution is -2.11. The molecule has 0 heterocycles. The molecule has 0 atom stereocenters. The third-order valence-electron chi connectivity index (χ3n) is 2.04. The average Bonchev–Trinajstić information content (AvgIpc) is 2.30. The van der Waals surface area contributed by atoms with Crippen LogP contribution in [0.3, 0.4) is 0 Å². The number of rotatable bonds is 0. The third kappa shape index (κ3) is 2.44. The van der Waals surface area contributed by atoms with Crippen LogP contribution in [0.15, 0.2) is 24.3 Å². The van der Waals surface area contributed by atoms with Crippen molar-refractivity contribution in [2.75, 3.05) is 0 Å². The molecule has 0 unspecified atom stereocenters. The first-order valence-electron chi connectivity index (χ1n) is 4.07. The second-order valence-electron chi connectivity index (χ2n) is 2.92. The van der Waals surface area contributed by atoms with Crippen molar-refractivity contribution in [3.05, 3.63) is 35.4 Å². The molecule has 1 aliphatic carbocycles. The van der Waals surface area contributed by atoms with Gasteiger partial charge in [0.15, 0.2) is 11.6 Å². The molecule has 0 aromatic heterocycles. The van der Waals surface area contributed by atoms with Crippen LogP contribution < -0.4 is 0 Å². The van der Waals surface area contributed by atoms with Gasteiger partial charge < -0.3 is 10.2 Å². The van der Waals surface area contributed by atoms with Crippen molar-refractivity contribution in [1.29, 1.82) is 0 Å². The van der Waals surface area contributed by atoms with E-state index in [0.717, 1.165) is 12.2 Å². The monoisotopic (exact) mass is 248 g/mol. The molecule has 1 aliphatic rings. The predicted octanol–water partition coefficient (Wildman–Crippen LogP) is 2.03. The first-order chi connectivity index (χ1) is 7.61. The molecule has 0 radical (unpaired) electrons. The van der Waals surface area contributed by atoms with Gasteiger partial charge in [0.05, 0.1) is 11.1 Å². The van der Waals surface area contributed by atoms with E-state index in [-0.39, 0.29) is 27.3 Å². The van der Waals surface area contributed by atoms with Gasteiger partial charge in [0.25, 0.3) is 0 Å². The third-order valence-corrected chi connectivity index (χ3v) is 2.04. The van der Waals surface area contributed by atoms with E-state index in [9.17, 15) is 19.8 Å². The summed E-state index contributed by atoms with van der Waals surface area (Å²) < 4.78 is 16.0. The molecule has 1 aromatic rings. The Hall–Kier alpha value is -2.31. The zero-order chi connectivity index (χ0) is 12.3. The number of allylic oxidation sites excluding steroid dienone is 2. The lowest BCUT2D eigenvalue weighted by atomic mass is 9.93. The van der Waals surface area contributed by atoms with Gasteiger partial charge in [-0.05, 0) is 24.3 Å². The summed E-state index contributed by atoms with van der Waals surface area (Å²) >= 11 is 0. The van der Waals surface area contributed by atoms with Crippen LogP contribution in [0.4, 0.5) is 13.9 Å². The number of hydrogen-bond donors (Lipinski definition) is 2. The van der Waals surface area contributed by atoms with Gasteiger partial charge in [0, 0.05) is 9.15 Å². The Bertz CT molecular complexity index is 440. The molecule has 7 heteroatoms. The molecule has 0 saturated heterocycles. The highest BCUT2D eigenvalue weighted by atomic mass is 20.0. The molecule has 2 rings (SSSR count). The van der Waals surface area contributed by atoms with Gasteiger partial charge in [-0.15, -0.1) is 0 Å². The van der Waals surface area contributed by atoms with E-state index >= 15 is 0 Å². The minimum absolute atomic E-state index is 0. The summed E-state index contributed by atoms with van der Waals surface area (Å²) in [5, 5.41) is 18.7. The Balaban J connectivity index is 0.000000811. The molecule has 17 heavy (non-hydrogen) atoms. The highest BCUT2D eigenvalue weighted by Gasteiger charge is 2.25. The molecular formula is C10H7F3O4. The van der Waals surface area contributed by atoms with Crippen LogP contribution in [0.5, 0.6) is 11.5 Å². The van der Waals surface area contributed by atoms with E-state index in [1.54, 1.807) is 0 Å². The SMILES string of the molecule is F.FF.O=C1C=CC(=O)c2c(O)ccc(O)c21. The van der Waals surface area contributed by atoms with E-state index in [1.165, 1.54) is 12.1 Å². The largest absolute Gasteiger partial charge is 0.507 e. The van der Waals surface area contributed by atoms with Gasteiger partial charge in [0.1, 0.15) is 11.5 Å². The maximum Gasteiger partial charge on any atom is 0.190 e. The molecule has 2 N–H and O–H groups in total. The van der Waals surface area contributed by atoms with Crippen LogP contribution in [0.1, 0.15) is 20.7 Å². The molecule has 92 valence electrons. The number of ketones is 2. The number of phenolic OH excluding ortho intramolecular Hbond substituents is 2. The van der Waals surface area contributed by atoms with Crippen molar-refractivity contribution in [1.82, 2.24) is 0 Å². The van der Waals surface area contributed by atoms with Crippen LogP contribution >= 0.6 is 0 Å². The van der Waals surface area contributed by atoms with Crippen molar-refractivity contribution in [2.24, 2.45) is 0 Å². The first kappa shape index (κ1) is 14.7. The topological polar surface area (TPSA) is 74.6 Å². The van der Waals surface area contributed by atoms with Gasteiger partial charge in [-0.1, -0.05) is 0 Å². The van der Waals surface area contributed by atoms with E-state index < -0.39 is 11.6 Å². The van der Waals surface area contributed by atoms with Crippen molar-refractivity contribution >= 4 is 11.6 Å². The highest BCUT2D eigenvalue weighted by molar-refractivity contribution is 6.24. The van der Waals surface area contributed by atoms with Crippen molar-refractivity contribution < 1.29 is 33.7 Å². The Morgan fingerprint density at radius 1 is 0.824 bits per heavy atom. The summed E-state index contributed by atoms with van der Waals surface area (Å²) in [6.45, 7) is 0. The summed E-state index contributed by atoms with van der Waals surface area (Å²) in [5.74, 6) is -1.54. The fourth-order valence-corrected chi connectivity index (χ4v) is 1.40. The summed E-state index contributed by atoms with van der Waals surface area (Å²) in [7, 11) is 0. The number of carbonyl (C=O) groups is 2. The van der Waals surface area contributed by atoms with Gasteiger partial charge >= 0.3 is 0 Å². The number of phenols is 2. The van der Waals surface area contributed by atoms with Gasteiger partial charge in [-0.2, -0.15) is 0 Å². The highest BCUT2D eigenvalue weighted by Crippen LogP contribution is 2.32. The number of hydrogen-bond acceptors (Lipinski definition) is 4. The zero-order valence-corrected chi connectivity index (χ0v) is 8.18. The molecule has 0 amide bonds. The van der Waals surface area contributed by atoms with E-state index in [4.69, 9.17) is 9.15 Å². The minimum Gasteiger partial charge on any atom is -0.507 e. The lowest BCUT2D eigenvalue weighted by molar-refractivity contribution is 0.0989. The molecular weight excluding hydrogens is 241 g/mol. The Labute approximate surface area is 93.0 Å². The van der Waals surface area contributed by atoms with Crippen LogP contribution in [-0.2, 0) is 0 Å². The second kappa shape index (κ2) is 5.69. The van der Waals surface area contributed by atoms with Crippen LogP contribution in [0, 0.1) is 0 Å². The quantitative estimate of drug-likeness (QED) is 0.689. The van der Waals surface area contributed by atoms with Crippen LogP contribution in [0.25, 0.3) is 0 Å². The number of carbonyl (C=O) groups excluding carboxylic acids is 2. The summed E-state index contributed by atoms with van der Waals surface area (Å²) in [6.07, 6.45) is 2.15. The summed E-state index contributed by atoms with van der Waals surface area (Å²) in [6, 6.07) is 2.36. The van der Waals surface area contributed by atoms with Gasteiger partial charge in [-0.3, -0.25) is 14.3 Å². The Kier molecular flexibility index (Phi) is 4.91.